The van der Waals surface area contributed by atoms with Crippen molar-refractivity contribution >= 4 is 31.9 Å². The maximum Gasteiger partial charge on any atom is 0.100 e. The molecule has 0 aliphatic heterocycles. The van der Waals surface area contributed by atoms with Crippen LogP contribution in [0.2, 0.25) is 0 Å². The van der Waals surface area contributed by atoms with Gasteiger partial charge in [-0.05, 0) is 40.5 Å². The van der Waals surface area contributed by atoms with E-state index in [1.807, 2.05) is 19.1 Å². The first-order valence-corrected chi connectivity index (χ1v) is 4.59. The van der Waals surface area contributed by atoms with E-state index in [0.29, 0.717) is 5.56 Å². The Hall–Kier alpha value is -0.330. The molecule has 0 saturated heterocycles. The molecular formula is C8H5Br2N. The third-order valence-corrected chi connectivity index (χ3v) is 2.88. The Morgan fingerprint density at radius 1 is 1.27 bits per heavy atom. The van der Waals surface area contributed by atoms with Crippen LogP contribution >= 0.6 is 31.9 Å². The second kappa shape index (κ2) is 3.38. The number of aryl methyl sites for hydroxylation is 1. The first-order chi connectivity index (χ1) is 5.15. The van der Waals surface area contributed by atoms with Crippen LogP contribution in [0, 0.1) is 18.3 Å². The number of benzene rings is 1. The Morgan fingerprint density at radius 2 is 1.91 bits per heavy atom. The van der Waals surface area contributed by atoms with Crippen LogP contribution < -0.4 is 0 Å². The maximum atomic E-state index is 8.64. The van der Waals surface area contributed by atoms with Crippen molar-refractivity contribution in [2.75, 3.05) is 0 Å². The van der Waals surface area contributed by atoms with E-state index in [-0.39, 0.29) is 0 Å². The van der Waals surface area contributed by atoms with Gasteiger partial charge in [-0.2, -0.15) is 5.26 Å². The molecule has 1 aromatic rings. The minimum atomic E-state index is 0.672. The number of hydrogen-bond acceptors (Lipinski definition) is 1. The average Bonchev–Trinajstić information content (AvgIpc) is 1.97. The quantitative estimate of drug-likeness (QED) is 0.711. The van der Waals surface area contributed by atoms with Gasteiger partial charge in [0.1, 0.15) is 6.07 Å². The highest BCUT2D eigenvalue weighted by molar-refractivity contribution is 9.11. The van der Waals surface area contributed by atoms with Gasteiger partial charge in [0.25, 0.3) is 0 Å². The highest BCUT2D eigenvalue weighted by Gasteiger charge is 2.01. The Labute approximate surface area is 82.3 Å². The van der Waals surface area contributed by atoms with Crippen molar-refractivity contribution in [3.63, 3.8) is 0 Å². The Morgan fingerprint density at radius 3 is 2.45 bits per heavy atom. The van der Waals surface area contributed by atoms with Gasteiger partial charge < -0.3 is 0 Å². The molecule has 3 heteroatoms. The fourth-order valence-corrected chi connectivity index (χ4v) is 1.83. The third-order valence-electron chi connectivity index (χ3n) is 1.37. The topological polar surface area (TPSA) is 23.8 Å². The van der Waals surface area contributed by atoms with Crippen molar-refractivity contribution < 1.29 is 0 Å². The van der Waals surface area contributed by atoms with Crippen LogP contribution in [0.4, 0.5) is 0 Å². The Kier molecular flexibility index (Phi) is 2.69. The number of nitrogens with zero attached hydrogens (tertiary/aromatic N) is 1. The lowest BCUT2D eigenvalue weighted by Gasteiger charge is -1.99. The fraction of sp³-hybridized carbons (Fsp3) is 0.125. The first-order valence-electron chi connectivity index (χ1n) is 3.01. The lowest BCUT2D eigenvalue weighted by Crippen LogP contribution is -1.81. The summed E-state index contributed by atoms with van der Waals surface area (Å²) in [7, 11) is 0. The summed E-state index contributed by atoms with van der Waals surface area (Å²) >= 11 is 6.66. The standard InChI is InChI=1S/C8H5Br2N/c1-5-2-6(4-11)8(10)3-7(5)9/h2-3H,1H3. The molecule has 0 saturated carbocycles. The van der Waals surface area contributed by atoms with Gasteiger partial charge in [-0.15, -0.1) is 0 Å². The van der Waals surface area contributed by atoms with Crippen LogP contribution in [0.1, 0.15) is 11.1 Å². The van der Waals surface area contributed by atoms with Gasteiger partial charge >= 0.3 is 0 Å². The number of rotatable bonds is 0. The van der Waals surface area contributed by atoms with Crippen molar-refractivity contribution in [2.45, 2.75) is 6.92 Å². The molecule has 0 aromatic heterocycles. The zero-order valence-corrected chi connectivity index (χ0v) is 9.03. The average molecular weight is 275 g/mol. The smallest absolute Gasteiger partial charge is 0.100 e. The van der Waals surface area contributed by atoms with E-state index in [2.05, 4.69) is 37.9 Å². The number of nitriles is 1. The molecule has 0 unspecified atom stereocenters. The molecule has 0 heterocycles. The minimum Gasteiger partial charge on any atom is -0.192 e. The molecule has 11 heavy (non-hydrogen) atoms. The lowest BCUT2D eigenvalue weighted by atomic mass is 10.2. The second-order valence-corrected chi connectivity index (χ2v) is 3.90. The van der Waals surface area contributed by atoms with Gasteiger partial charge in [-0.1, -0.05) is 15.9 Å². The van der Waals surface area contributed by atoms with Gasteiger partial charge in [0, 0.05) is 8.95 Å². The Balaban J connectivity index is 3.35. The highest BCUT2D eigenvalue weighted by Crippen LogP contribution is 2.24. The molecule has 0 aliphatic rings. The van der Waals surface area contributed by atoms with Crippen LogP contribution in [-0.2, 0) is 0 Å². The lowest BCUT2D eigenvalue weighted by molar-refractivity contribution is 1.37. The normalized spacial score (nSPS) is 9.27. The van der Waals surface area contributed by atoms with Crippen molar-refractivity contribution in [3.8, 4) is 6.07 Å². The predicted molar refractivity (Wildman–Crippen MR) is 51.3 cm³/mol. The number of hydrogen-bond donors (Lipinski definition) is 0. The molecule has 0 spiro atoms. The zero-order chi connectivity index (χ0) is 8.43. The third kappa shape index (κ3) is 1.82. The summed E-state index contributed by atoms with van der Waals surface area (Å²) < 4.78 is 1.85. The number of halogens is 2. The van der Waals surface area contributed by atoms with E-state index in [0.717, 1.165) is 14.5 Å². The van der Waals surface area contributed by atoms with E-state index in [1.54, 1.807) is 0 Å². The van der Waals surface area contributed by atoms with Gasteiger partial charge in [0.2, 0.25) is 0 Å². The van der Waals surface area contributed by atoms with E-state index in [4.69, 9.17) is 5.26 Å². The van der Waals surface area contributed by atoms with Crippen LogP contribution in [0.5, 0.6) is 0 Å². The predicted octanol–water partition coefficient (Wildman–Crippen LogP) is 3.39. The summed E-state index contributed by atoms with van der Waals surface area (Å²) in [6.45, 7) is 1.96. The van der Waals surface area contributed by atoms with E-state index in [9.17, 15) is 0 Å². The minimum absolute atomic E-state index is 0.672. The van der Waals surface area contributed by atoms with Gasteiger partial charge in [0.15, 0.2) is 0 Å². The van der Waals surface area contributed by atoms with Crippen molar-refractivity contribution in [3.05, 3.63) is 32.2 Å². The van der Waals surface area contributed by atoms with Gasteiger partial charge in [-0.3, -0.25) is 0 Å². The fourth-order valence-electron chi connectivity index (χ4n) is 0.743. The van der Waals surface area contributed by atoms with E-state index in [1.165, 1.54) is 0 Å². The van der Waals surface area contributed by atoms with Gasteiger partial charge in [0.05, 0.1) is 5.56 Å². The van der Waals surface area contributed by atoms with Crippen molar-refractivity contribution in [2.24, 2.45) is 0 Å². The first kappa shape index (κ1) is 8.76. The summed E-state index contributed by atoms with van der Waals surface area (Å²) in [6.07, 6.45) is 0. The molecule has 0 fully saturated rings. The highest BCUT2D eigenvalue weighted by atomic mass is 79.9. The van der Waals surface area contributed by atoms with Crippen LogP contribution in [0.25, 0.3) is 0 Å². The van der Waals surface area contributed by atoms with E-state index < -0.39 is 0 Å². The molecule has 56 valence electrons. The molecule has 0 atom stereocenters. The molecular weight excluding hydrogens is 270 g/mol. The SMILES string of the molecule is Cc1cc(C#N)c(Br)cc1Br. The van der Waals surface area contributed by atoms with Gasteiger partial charge in [-0.25, -0.2) is 0 Å². The largest absolute Gasteiger partial charge is 0.192 e. The molecule has 0 radical (unpaired) electrons. The maximum absolute atomic E-state index is 8.64. The van der Waals surface area contributed by atoms with Crippen LogP contribution in [0.15, 0.2) is 21.1 Å². The van der Waals surface area contributed by atoms with Crippen LogP contribution in [-0.4, -0.2) is 0 Å². The molecule has 0 bridgehead atoms. The molecule has 1 aromatic carbocycles. The van der Waals surface area contributed by atoms with Crippen molar-refractivity contribution in [1.82, 2.24) is 0 Å². The summed E-state index contributed by atoms with van der Waals surface area (Å²) in [5.74, 6) is 0. The molecule has 1 rings (SSSR count). The summed E-state index contributed by atoms with van der Waals surface area (Å²) in [4.78, 5) is 0. The molecule has 0 N–H and O–H groups in total. The molecule has 0 aliphatic carbocycles. The summed E-state index contributed by atoms with van der Waals surface area (Å²) in [6, 6.07) is 5.82. The van der Waals surface area contributed by atoms with Crippen LogP contribution in [0.3, 0.4) is 0 Å². The van der Waals surface area contributed by atoms with E-state index >= 15 is 0 Å². The molecule has 1 nitrogen and oxygen atoms in total. The Bertz CT molecular complexity index is 326. The zero-order valence-electron chi connectivity index (χ0n) is 5.86. The summed E-state index contributed by atoms with van der Waals surface area (Å²) in [5, 5.41) is 8.64. The monoisotopic (exact) mass is 273 g/mol. The van der Waals surface area contributed by atoms with Crippen molar-refractivity contribution in [1.29, 1.82) is 5.26 Å². The summed E-state index contributed by atoms with van der Waals surface area (Å²) in [5.41, 5.74) is 1.75. The molecule has 0 amide bonds. The second-order valence-electron chi connectivity index (χ2n) is 2.19.